The molecule has 0 unspecified atom stereocenters. The van der Waals surface area contributed by atoms with Gasteiger partial charge in [-0.1, -0.05) is 41.9 Å². The zero-order valence-corrected chi connectivity index (χ0v) is 14.4. The van der Waals surface area contributed by atoms with Crippen LogP contribution < -0.4 is 5.32 Å². The van der Waals surface area contributed by atoms with Gasteiger partial charge in [-0.2, -0.15) is 0 Å². The number of aliphatic carboxylic acids is 1. The van der Waals surface area contributed by atoms with Gasteiger partial charge in [0.25, 0.3) is 5.91 Å². The minimum Gasteiger partial charge on any atom is -0.481 e. The van der Waals surface area contributed by atoms with Crippen LogP contribution in [0.4, 0.5) is 5.69 Å². The van der Waals surface area contributed by atoms with Gasteiger partial charge in [-0.25, -0.2) is 4.98 Å². The Morgan fingerprint density at radius 2 is 1.77 bits per heavy atom. The maximum Gasteiger partial charge on any atom is 0.307 e. The van der Waals surface area contributed by atoms with Crippen molar-refractivity contribution in [3.63, 3.8) is 0 Å². The van der Waals surface area contributed by atoms with Gasteiger partial charge in [0.05, 0.1) is 12.1 Å². The number of aromatic nitrogens is 1. The molecule has 5 nitrogen and oxygen atoms in total. The molecule has 1 aromatic heterocycles. The van der Waals surface area contributed by atoms with Crippen molar-refractivity contribution in [1.29, 1.82) is 0 Å². The van der Waals surface area contributed by atoms with Crippen molar-refractivity contribution in [3.05, 3.63) is 83.0 Å². The summed E-state index contributed by atoms with van der Waals surface area (Å²) in [5, 5.41) is 12.2. The molecule has 0 spiro atoms. The summed E-state index contributed by atoms with van der Waals surface area (Å²) in [6, 6.07) is 19.1. The Morgan fingerprint density at radius 1 is 1.00 bits per heavy atom. The van der Waals surface area contributed by atoms with Crippen molar-refractivity contribution in [1.82, 2.24) is 4.98 Å². The topological polar surface area (TPSA) is 79.3 Å². The van der Waals surface area contributed by atoms with E-state index in [1.165, 1.54) is 0 Å². The molecular weight excluding hydrogens is 352 g/mol. The standard InChI is InChI=1S/C20H15ClN2O3/c21-15-6-2-5-14(12-15)17-8-3-9-18(23-17)20(26)22-16-7-1-4-13(10-16)11-19(24)25/h1-10,12H,11H2,(H,22,26)(H,24,25). The van der Waals surface area contributed by atoms with E-state index in [4.69, 9.17) is 16.7 Å². The van der Waals surface area contributed by atoms with Crippen LogP contribution in [0, 0.1) is 0 Å². The van der Waals surface area contributed by atoms with Crippen LogP contribution in [0.3, 0.4) is 0 Å². The normalized spacial score (nSPS) is 10.3. The molecule has 0 aliphatic rings. The number of nitrogens with zero attached hydrogens (tertiary/aromatic N) is 1. The largest absolute Gasteiger partial charge is 0.481 e. The molecule has 1 amide bonds. The van der Waals surface area contributed by atoms with Gasteiger partial charge in [0.15, 0.2) is 0 Å². The van der Waals surface area contributed by atoms with Crippen LogP contribution in [0.5, 0.6) is 0 Å². The molecule has 6 heteroatoms. The summed E-state index contributed by atoms with van der Waals surface area (Å²) < 4.78 is 0. The molecule has 1 heterocycles. The lowest BCUT2D eigenvalue weighted by Gasteiger charge is -2.08. The molecule has 26 heavy (non-hydrogen) atoms. The maximum atomic E-state index is 12.5. The Kier molecular flexibility index (Phi) is 5.29. The van der Waals surface area contributed by atoms with E-state index >= 15 is 0 Å². The van der Waals surface area contributed by atoms with Crippen LogP contribution in [0.15, 0.2) is 66.7 Å². The van der Waals surface area contributed by atoms with Gasteiger partial charge in [0.1, 0.15) is 5.69 Å². The molecule has 0 aliphatic carbocycles. The zero-order chi connectivity index (χ0) is 18.5. The molecule has 0 radical (unpaired) electrons. The first-order valence-electron chi connectivity index (χ1n) is 7.86. The second-order valence-electron chi connectivity index (χ2n) is 5.64. The van der Waals surface area contributed by atoms with Gasteiger partial charge in [-0.15, -0.1) is 0 Å². The fraction of sp³-hybridized carbons (Fsp3) is 0.0500. The summed E-state index contributed by atoms with van der Waals surface area (Å²) in [4.78, 5) is 27.7. The number of carbonyl (C=O) groups is 2. The van der Waals surface area contributed by atoms with Crippen LogP contribution in [0.1, 0.15) is 16.1 Å². The average molecular weight is 367 g/mol. The lowest BCUT2D eigenvalue weighted by molar-refractivity contribution is -0.136. The van der Waals surface area contributed by atoms with E-state index in [1.807, 2.05) is 12.1 Å². The highest BCUT2D eigenvalue weighted by Crippen LogP contribution is 2.21. The van der Waals surface area contributed by atoms with Crippen LogP contribution in [0.25, 0.3) is 11.3 Å². The van der Waals surface area contributed by atoms with Crippen LogP contribution in [-0.4, -0.2) is 22.0 Å². The first-order valence-corrected chi connectivity index (χ1v) is 8.24. The molecule has 0 aliphatic heterocycles. The summed E-state index contributed by atoms with van der Waals surface area (Å²) in [5.41, 5.74) is 2.83. The van der Waals surface area contributed by atoms with Gasteiger partial charge >= 0.3 is 5.97 Å². The fourth-order valence-electron chi connectivity index (χ4n) is 2.50. The summed E-state index contributed by atoms with van der Waals surface area (Å²) in [5.74, 6) is -1.30. The molecule has 0 saturated heterocycles. The van der Waals surface area contributed by atoms with Gasteiger partial charge in [0.2, 0.25) is 0 Å². The highest BCUT2D eigenvalue weighted by molar-refractivity contribution is 6.30. The van der Waals surface area contributed by atoms with Crippen LogP contribution in [0.2, 0.25) is 5.02 Å². The highest BCUT2D eigenvalue weighted by atomic mass is 35.5. The smallest absolute Gasteiger partial charge is 0.307 e. The number of anilines is 1. The van der Waals surface area contributed by atoms with Gasteiger partial charge < -0.3 is 10.4 Å². The van der Waals surface area contributed by atoms with Crippen molar-refractivity contribution >= 4 is 29.2 Å². The summed E-state index contributed by atoms with van der Waals surface area (Å²) in [6.45, 7) is 0. The first-order chi connectivity index (χ1) is 12.5. The quantitative estimate of drug-likeness (QED) is 0.706. The van der Waals surface area contributed by atoms with E-state index in [1.54, 1.807) is 54.6 Å². The second-order valence-corrected chi connectivity index (χ2v) is 6.08. The number of benzene rings is 2. The Balaban J connectivity index is 1.80. The summed E-state index contributed by atoms with van der Waals surface area (Å²) in [6.07, 6.45) is -0.105. The summed E-state index contributed by atoms with van der Waals surface area (Å²) >= 11 is 6.01. The third-order valence-electron chi connectivity index (χ3n) is 3.64. The Hall–Kier alpha value is -3.18. The van der Waals surface area contributed by atoms with Crippen molar-refractivity contribution < 1.29 is 14.7 Å². The number of halogens is 1. The predicted octanol–water partition coefficient (Wildman–Crippen LogP) is 4.28. The minimum absolute atomic E-state index is 0.105. The monoisotopic (exact) mass is 366 g/mol. The van der Waals surface area contributed by atoms with Gasteiger partial charge in [-0.05, 0) is 42.0 Å². The van der Waals surface area contributed by atoms with E-state index in [2.05, 4.69) is 10.3 Å². The number of carboxylic acid groups (broad SMARTS) is 1. The second kappa shape index (κ2) is 7.80. The number of hydrogen-bond donors (Lipinski definition) is 2. The highest BCUT2D eigenvalue weighted by Gasteiger charge is 2.10. The Morgan fingerprint density at radius 3 is 2.54 bits per heavy atom. The molecule has 2 aromatic carbocycles. The maximum absolute atomic E-state index is 12.5. The molecule has 3 aromatic rings. The first kappa shape index (κ1) is 17.6. The number of carbonyl (C=O) groups excluding carboxylic acids is 1. The number of rotatable bonds is 5. The minimum atomic E-state index is -0.927. The number of nitrogens with one attached hydrogen (secondary N) is 1. The Bertz CT molecular complexity index is 973. The fourth-order valence-corrected chi connectivity index (χ4v) is 2.69. The summed E-state index contributed by atoms with van der Waals surface area (Å²) in [7, 11) is 0. The molecular formula is C20H15ClN2O3. The van der Waals surface area contributed by atoms with Crippen molar-refractivity contribution in [2.75, 3.05) is 5.32 Å². The number of pyridine rings is 1. The lowest BCUT2D eigenvalue weighted by Crippen LogP contribution is -2.14. The molecule has 0 saturated carbocycles. The van der Waals surface area contributed by atoms with E-state index in [0.29, 0.717) is 22.0 Å². The molecule has 0 bridgehead atoms. The molecule has 0 atom stereocenters. The molecule has 2 N–H and O–H groups in total. The third-order valence-corrected chi connectivity index (χ3v) is 3.88. The van der Waals surface area contributed by atoms with E-state index in [-0.39, 0.29) is 18.0 Å². The number of carboxylic acids is 1. The van der Waals surface area contributed by atoms with Crippen molar-refractivity contribution in [2.24, 2.45) is 0 Å². The zero-order valence-electron chi connectivity index (χ0n) is 13.6. The van der Waals surface area contributed by atoms with E-state index in [9.17, 15) is 9.59 Å². The molecule has 3 rings (SSSR count). The molecule has 130 valence electrons. The van der Waals surface area contributed by atoms with Crippen molar-refractivity contribution in [3.8, 4) is 11.3 Å². The van der Waals surface area contributed by atoms with Crippen molar-refractivity contribution in [2.45, 2.75) is 6.42 Å². The third kappa shape index (κ3) is 4.46. The SMILES string of the molecule is O=C(O)Cc1cccc(NC(=O)c2cccc(-c3cccc(Cl)c3)n2)c1. The van der Waals surface area contributed by atoms with E-state index < -0.39 is 5.97 Å². The Labute approximate surface area is 155 Å². The molecule has 0 fully saturated rings. The van der Waals surface area contributed by atoms with Crippen LogP contribution in [-0.2, 0) is 11.2 Å². The lowest BCUT2D eigenvalue weighted by atomic mass is 10.1. The van der Waals surface area contributed by atoms with Gasteiger partial charge in [0, 0.05) is 16.3 Å². The van der Waals surface area contributed by atoms with Gasteiger partial charge in [-0.3, -0.25) is 9.59 Å². The van der Waals surface area contributed by atoms with Crippen LogP contribution >= 0.6 is 11.6 Å². The van der Waals surface area contributed by atoms with E-state index in [0.717, 1.165) is 5.56 Å². The average Bonchev–Trinajstić information content (AvgIpc) is 2.61. The predicted molar refractivity (Wildman–Crippen MR) is 100 cm³/mol. The number of amides is 1. The number of hydrogen-bond acceptors (Lipinski definition) is 3.